The highest BCUT2D eigenvalue weighted by molar-refractivity contribution is 7.18. The van der Waals surface area contributed by atoms with Crippen molar-refractivity contribution in [3.8, 4) is 0 Å². The fourth-order valence-electron chi connectivity index (χ4n) is 2.02. The zero-order chi connectivity index (χ0) is 17.2. The molecule has 0 saturated heterocycles. The highest BCUT2D eigenvalue weighted by Gasteiger charge is 2.30. The van der Waals surface area contributed by atoms with Crippen LogP contribution in [0.5, 0.6) is 0 Å². The molecule has 6 nitrogen and oxygen atoms in total. The van der Waals surface area contributed by atoms with Gasteiger partial charge in [0.1, 0.15) is 0 Å². The molecule has 126 valence electrons. The summed E-state index contributed by atoms with van der Waals surface area (Å²) in [6.45, 7) is 5.67. The lowest BCUT2D eigenvalue weighted by Crippen LogP contribution is -2.46. The van der Waals surface area contributed by atoms with E-state index in [0.29, 0.717) is 9.88 Å². The van der Waals surface area contributed by atoms with E-state index < -0.39 is 0 Å². The molecule has 0 aliphatic heterocycles. The quantitative estimate of drug-likeness (QED) is 0.863. The van der Waals surface area contributed by atoms with Crippen LogP contribution in [0, 0.1) is 5.92 Å². The molecule has 1 saturated carbocycles. The molecule has 1 aromatic rings. The van der Waals surface area contributed by atoms with Crippen LogP contribution in [-0.4, -0.2) is 41.8 Å². The summed E-state index contributed by atoms with van der Waals surface area (Å²) in [5.41, 5.74) is -0.329. The number of carbonyl (C=O) groups excluding carboxylic acids is 3. The zero-order valence-corrected chi connectivity index (χ0v) is 14.8. The van der Waals surface area contributed by atoms with Crippen molar-refractivity contribution >= 4 is 34.1 Å². The Morgan fingerprint density at radius 1 is 1.26 bits per heavy atom. The largest absolute Gasteiger partial charge is 0.350 e. The highest BCUT2D eigenvalue weighted by Crippen LogP contribution is 2.31. The van der Waals surface area contributed by atoms with Crippen molar-refractivity contribution in [2.45, 2.75) is 39.2 Å². The molecule has 7 heteroatoms. The second kappa shape index (κ2) is 6.70. The van der Waals surface area contributed by atoms with Crippen LogP contribution < -0.4 is 10.6 Å². The number of carbonyl (C=O) groups is 3. The Hall–Kier alpha value is -1.89. The van der Waals surface area contributed by atoms with Gasteiger partial charge < -0.3 is 15.5 Å². The molecule has 0 spiro atoms. The third-order valence-corrected chi connectivity index (χ3v) is 4.24. The van der Waals surface area contributed by atoms with Gasteiger partial charge in [0, 0.05) is 18.5 Å². The number of nitrogens with zero attached hydrogens (tertiary/aromatic N) is 1. The number of rotatable bonds is 5. The Kier molecular flexibility index (Phi) is 5.09. The predicted octanol–water partition coefficient (Wildman–Crippen LogP) is 2.08. The Bertz CT molecular complexity index is 614. The van der Waals surface area contributed by atoms with Gasteiger partial charge in [-0.05, 0) is 45.7 Å². The fourth-order valence-corrected chi connectivity index (χ4v) is 2.93. The van der Waals surface area contributed by atoms with Crippen LogP contribution in [0.3, 0.4) is 0 Å². The fraction of sp³-hybridized carbons (Fsp3) is 0.562. The molecular formula is C16H23N3O3S. The minimum atomic E-state index is -0.329. The molecule has 0 radical (unpaired) electrons. The molecule has 0 atom stereocenters. The first-order valence-electron chi connectivity index (χ1n) is 7.63. The van der Waals surface area contributed by atoms with Gasteiger partial charge >= 0.3 is 0 Å². The SMILES string of the molecule is CN(CC(=O)NC(C)(C)C)C(=O)c1ccc(NC(=O)C2CC2)s1. The van der Waals surface area contributed by atoms with E-state index in [0.717, 1.165) is 12.8 Å². The smallest absolute Gasteiger partial charge is 0.264 e. The minimum Gasteiger partial charge on any atom is -0.350 e. The molecule has 0 bridgehead atoms. The van der Waals surface area contributed by atoms with Crippen molar-refractivity contribution in [2.75, 3.05) is 18.9 Å². The Labute approximate surface area is 140 Å². The van der Waals surface area contributed by atoms with E-state index in [9.17, 15) is 14.4 Å². The van der Waals surface area contributed by atoms with Crippen LogP contribution in [0.15, 0.2) is 12.1 Å². The van der Waals surface area contributed by atoms with Crippen molar-refractivity contribution in [3.63, 3.8) is 0 Å². The first-order chi connectivity index (χ1) is 10.7. The summed E-state index contributed by atoms with van der Waals surface area (Å²) in [6, 6.07) is 3.40. The van der Waals surface area contributed by atoms with Gasteiger partial charge in [-0.25, -0.2) is 0 Å². The van der Waals surface area contributed by atoms with Crippen molar-refractivity contribution in [1.82, 2.24) is 10.2 Å². The van der Waals surface area contributed by atoms with E-state index in [4.69, 9.17) is 0 Å². The van der Waals surface area contributed by atoms with Crippen LogP contribution in [0.4, 0.5) is 5.00 Å². The summed E-state index contributed by atoms with van der Waals surface area (Å²) < 4.78 is 0. The van der Waals surface area contributed by atoms with Gasteiger partial charge in [-0.1, -0.05) is 0 Å². The van der Waals surface area contributed by atoms with Gasteiger partial charge in [0.05, 0.1) is 16.4 Å². The monoisotopic (exact) mass is 337 g/mol. The summed E-state index contributed by atoms with van der Waals surface area (Å²) in [6.07, 6.45) is 1.88. The van der Waals surface area contributed by atoms with E-state index >= 15 is 0 Å². The number of hydrogen-bond donors (Lipinski definition) is 2. The van der Waals surface area contributed by atoms with E-state index in [-0.39, 0.29) is 35.7 Å². The number of amides is 3. The van der Waals surface area contributed by atoms with E-state index in [1.807, 2.05) is 20.8 Å². The maximum atomic E-state index is 12.3. The second-order valence-corrected chi connectivity index (χ2v) is 7.97. The van der Waals surface area contributed by atoms with Crippen molar-refractivity contribution in [2.24, 2.45) is 5.92 Å². The van der Waals surface area contributed by atoms with Crippen LogP contribution in [0.1, 0.15) is 43.3 Å². The van der Waals surface area contributed by atoms with E-state index in [1.54, 1.807) is 19.2 Å². The first-order valence-corrected chi connectivity index (χ1v) is 8.44. The first kappa shape index (κ1) is 17.5. The van der Waals surface area contributed by atoms with Crippen molar-refractivity contribution < 1.29 is 14.4 Å². The molecule has 3 amide bonds. The molecule has 2 rings (SSSR count). The average molecular weight is 337 g/mol. The summed E-state index contributed by atoms with van der Waals surface area (Å²) >= 11 is 1.23. The molecule has 0 unspecified atom stereocenters. The van der Waals surface area contributed by atoms with Crippen LogP contribution in [-0.2, 0) is 9.59 Å². The molecule has 1 aliphatic rings. The van der Waals surface area contributed by atoms with Gasteiger partial charge in [0.2, 0.25) is 11.8 Å². The maximum Gasteiger partial charge on any atom is 0.264 e. The second-order valence-electron chi connectivity index (χ2n) is 6.89. The molecule has 1 fully saturated rings. The molecular weight excluding hydrogens is 314 g/mol. The van der Waals surface area contributed by atoms with Crippen molar-refractivity contribution in [3.05, 3.63) is 17.0 Å². The number of thiophene rings is 1. The van der Waals surface area contributed by atoms with Crippen LogP contribution in [0.2, 0.25) is 0 Å². The summed E-state index contributed by atoms with van der Waals surface area (Å²) in [7, 11) is 1.59. The highest BCUT2D eigenvalue weighted by atomic mass is 32.1. The lowest BCUT2D eigenvalue weighted by Gasteiger charge is -2.23. The molecule has 2 N–H and O–H groups in total. The maximum absolute atomic E-state index is 12.3. The van der Waals surface area contributed by atoms with Gasteiger partial charge in [-0.2, -0.15) is 0 Å². The third kappa shape index (κ3) is 5.35. The lowest BCUT2D eigenvalue weighted by atomic mass is 10.1. The molecule has 1 heterocycles. The van der Waals surface area contributed by atoms with Crippen LogP contribution in [0.25, 0.3) is 0 Å². The van der Waals surface area contributed by atoms with Gasteiger partial charge in [0.15, 0.2) is 0 Å². The van der Waals surface area contributed by atoms with E-state index in [2.05, 4.69) is 10.6 Å². The summed E-state index contributed by atoms with van der Waals surface area (Å²) in [5, 5.41) is 6.30. The number of likely N-dealkylation sites (N-methyl/N-ethyl adjacent to an activating group) is 1. The van der Waals surface area contributed by atoms with Crippen LogP contribution >= 0.6 is 11.3 Å². The molecule has 23 heavy (non-hydrogen) atoms. The van der Waals surface area contributed by atoms with Gasteiger partial charge in [0.25, 0.3) is 5.91 Å². The Morgan fingerprint density at radius 2 is 1.91 bits per heavy atom. The Balaban J connectivity index is 1.90. The standard InChI is InChI=1S/C16H23N3O3S/c1-16(2,3)18-12(20)9-19(4)15(22)11-7-8-13(23-11)17-14(21)10-5-6-10/h7-8,10H,5-6,9H2,1-4H3,(H,17,21)(H,18,20). The number of hydrogen-bond acceptors (Lipinski definition) is 4. The third-order valence-electron chi connectivity index (χ3n) is 3.25. The molecule has 1 aromatic heterocycles. The summed E-state index contributed by atoms with van der Waals surface area (Å²) in [4.78, 5) is 37.8. The topological polar surface area (TPSA) is 78.5 Å². The summed E-state index contributed by atoms with van der Waals surface area (Å²) in [5.74, 6) is -0.290. The van der Waals surface area contributed by atoms with Crippen molar-refractivity contribution in [1.29, 1.82) is 0 Å². The number of nitrogens with one attached hydrogen (secondary N) is 2. The normalized spacial score (nSPS) is 14.3. The zero-order valence-electron chi connectivity index (χ0n) is 13.9. The predicted molar refractivity (Wildman–Crippen MR) is 90.5 cm³/mol. The molecule has 1 aliphatic carbocycles. The van der Waals surface area contributed by atoms with Gasteiger partial charge in [-0.15, -0.1) is 11.3 Å². The number of anilines is 1. The van der Waals surface area contributed by atoms with Gasteiger partial charge in [-0.3, -0.25) is 14.4 Å². The molecule has 0 aromatic carbocycles. The Morgan fingerprint density at radius 3 is 2.48 bits per heavy atom. The average Bonchev–Trinajstić information content (AvgIpc) is 3.16. The minimum absolute atomic E-state index is 0.00221. The lowest BCUT2D eigenvalue weighted by molar-refractivity contribution is -0.123. The van der Waals surface area contributed by atoms with E-state index in [1.165, 1.54) is 16.2 Å².